The zero-order chi connectivity index (χ0) is 24.4. The molecule has 172 valence electrons. The van der Waals surface area contributed by atoms with E-state index in [1.165, 1.54) is 4.68 Å². The quantitative estimate of drug-likeness (QED) is 0.293. The number of nitrogens with one attached hydrogen (secondary N) is 3. The van der Waals surface area contributed by atoms with Gasteiger partial charge in [-0.1, -0.05) is 45.7 Å². The number of amides is 3. The van der Waals surface area contributed by atoms with Crippen LogP contribution in [0.2, 0.25) is 5.02 Å². The summed E-state index contributed by atoms with van der Waals surface area (Å²) in [5.41, 5.74) is 6.18. The summed E-state index contributed by atoms with van der Waals surface area (Å²) < 4.78 is 2.11. The van der Waals surface area contributed by atoms with Crippen LogP contribution in [0.3, 0.4) is 0 Å². The van der Waals surface area contributed by atoms with Crippen molar-refractivity contribution in [2.24, 2.45) is 0 Å². The minimum atomic E-state index is -0.958. The number of hydrogen-bond donors (Lipinski definition) is 3. The molecular formula is C25H20BrClN4O3. The third-order valence-corrected chi connectivity index (χ3v) is 5.84. The maximum absolute atomic E-state index is 13.2. The normalized spacial score (nSPS) is 10.7. The molecule has 0 spiro atoms. The molecule has 3 N–H and O–H groups in total. The number of halogens is 2. The van der Waals surface area contributed by atoms with Crippen molar-refractivity contribution in [2.75, 3.05) is 16.1 Å². The molecule has 0 aliphatic heterocycles. The topological polar surface area (TPSA) is 92.2 Å². The van der Waals surface area contributed by atoms with E-state index in [2.05, 4.69) is 32.0 Å². The molecule has 0 atom stereocenters. The standard InChI is InChI=1S/C25H20BrClN4O3/c1-14-9-15(2)11-18(10-14)28-23(32)22-13-16-12-17(26)7-8-21(16)31(22)30-25(34)24(33)29-20-6-4-3-5-19(20)27/h3-13H,1-2H3,(H,28,32)(H,29,33)(H,30,34). The van der Waals surface area contributed by atoms with Crippen LogP contribution in [0.5, 0.6) is 0 Å². The van der Waals surface area contributed by atoms with Gasteiger partial charge in [0, 0.05) is 15.5 Å². The van der Waals surface area contributed by atoms with Crippen LogP contribution in [0.1, 0.15) is 21.6 Å². The van der Waals surface area contributed by atoms with E-state index in [-0.39, 0.29) is 5.69 Å². The van der Waals surface area contributed by atoms with Gasteiger partial charge in [-0.2, -0.15) is 0 Å². The Bertz CT molecular complexity index is 1430. The van der Waals surface area contributed by atoms with Gasteiger partial charge in [-0.05, 0) is 73.5 Å². The minimum Gasteiger partial charge on any atom is -0.321 e. The SMILES string of the molecule is Cc1cc(C)cc(NC(=O)c2cc3cc(Br)ccc3n2NC(=O)C(=O)Nc2ccccc2Cl)c1. The highest BCUT2D eigenvalue weighted by atomic mass is 79.9. The number of carbonyl (C=O) groups is 3. The molecule has 4 rings (SSSR count). The third kappa shape index (κ3) is 5.13. The molecule has 3 aromatic carbocycles. The molecule has 7 nitrogen and oxygen atoms in total. The van der Waals surface area contributed by atoms with Gasteiger partial charge in [0.05, 0.1) is 16.2 Å². The Hall–Kier alpha value is -3.62. The number of nitrogens with zero attached hydrogens (tertiary/aromatic N) is 1. The lowest BCUT2D eigenvalue weighted by atomic mass is 10.1. The molecule has 0 saturated carbocycles. The Labute approximate surface area is 209 Å². The first-order valence-electron chi connectivity index (χ1n) is 10.3. The lowest BCUT2D eigenvalue weighted by molar-refractivity contribution is -0.133. The molecule has 1 heterocycles. The number of aromatic nitrogens is 1. The number of rotatable bonds is 4. The Morgan fingerprint density at radius 2 is 1.56 bits per heavy atom. The molecule has 0 bridgehead atoms. The van der Waals surface area contributed by atoms with Crippen molar-refractivity contribution in [2.45, 2.75) is 13.8 Å². The molecule has 0 fully saturated rings. The summed E-state index contributed by atoms with van der Waals surface area (Å²) in [7, 11) is 0. The van der Waals surface area contributed by atoms with Gasteiger partial charge >= 0.3 is 11.8 Å². The zero-order valence-corrected chi connectivity index (χ0v) is 20.6. The number of aryl methyl sites for hydroxylation is 2. The summed E-state index contributed by atoms with van der Waals surface area (Å²) in [5.74, 6) is -2.32. The first-order valence-corrected chi connectivity index (χ1v) is 11.5. The van der Waals surface area contributed by atoms with Crippen LogP contribution < -0.4 is 16.1 Å². The van der Waals surface area contributed by atoms with E-state index in [4.69, 9.17) is 11.6 Å². The van der Waals surface area contributed by atoms with E-state index in [0.29, 0.717) is 27.3 Å². The van der Waals surface area contributed by atoms with E-state index >= 15 is 0 Å². The lowest BCUT2D eigenvalue weighted by Crippen LogP contribution is -2.36. The molecule has 1 aromatic heterocycles. The summed E-state index contributed by atoms with van der Waals surface area (Å²) in [6.45, 7) is 3.88. The van der Waals surface area contributed by atoms with Gasteiger partial charge in [-0.15, -0.1) is 0 Å². The maximum Gasteiger partial charge on any atom is 0.328 e. The van der Waals surface area contributed by atoms with E-state index in [0.717, 1.165) is 15.6 Å². The van der Waals surface area contributed by atoms with Crippen LogP contribution in [0.15, 0.2) is 71.2 Å². The number of fused-ring (bicyclic) bond motifs is 1. The molecule has 34 heavy (non-hydrogen) atoms. The van der Waals surface area contributed by atoms with Crippen molar-refractivity contribution in [3.8, 4) is 0 Å². The molecule has 3 amide bonds. The minimum absolute atomic E-state index is 0.158. The van der Waals surface area contributed by atoms with Crippen LogP contribution in [0.25, 0.3) is 10.9 Å². The number of benzene rings is 3. The largest absolute Gasteiger partial charge is 0.328 e. The van der Waals surface area contributed by atoms with Gasteiger partial charge in [-0.25, -0.2) is 4.68 Å². The van der Waals surface area contributed by atoms with Crippen molar-refractivity contribution in [3.05, 3.63) is 93.0 Å². The van der Waals surface area contributed by atoms with Crippen LogP contribution in [-0.2, 0) is 9.59 Å². The fourth-order valence-corrected chi connectivity index (χ4v) is 4.17. The van der Waals surface area contributed by atoms with E-state index in [1.807, 2.05) is 38.1 Å². The molecule has 0 aliphatic rings. The van der Waals surface area contributed by atoms with E-state index < -0.39 is 17.7 Å². The van der Waals surface area contributed by atoms with Gasteiger partial charge in [0.1, 0.15) is 5.69 Å². The van der Waals surface area contributed by atoms with Crippen molar-refractivity contribution < 1.29 is 14.4 Å². The second-order valence-electron chi connectivity index (χ2n) is 7.77. The highest BCUT2D eigenvalue weighted by molar-refractivity contribution is 9.10. The molecule has 9 heteroatoms. The average Bonchev–Trinajstić information content (AvgIpc) is 3.12. The second-order valence-corrected chi connectivity index (χ2v) is 9.10. The smallest absolute Gasteiger partial charge is 0.321 e. The van der Waals surface area contributed by atoms with Crippen LogP contribution >= 0.6 is 27.5 Å². The van der Waals surface area contributed by atoms with E-state index in [9.17, 15) is 14.4 Å². The van der Waals surface area contributed by atoms with Crippen molar-refractivity contribution >= 4 is 67.5 Å². The highest BCUT2D eigenvalue weighted by Gasteiger charge is 2.21. The van der Waals surface area contributed by atoms with Crippen molar-refractivity contribution in [3.63, 3.8) is 0 Å². The Morgan fingerprint density at radius 3 is 2.26 bits per heavy atom. The molecule has 0 unspecified atom stereocenters. The molecule has 0 radical (unpaired) electrons. The van der Waals surface area contributed by atoms with Crippen LogP contribution in [0, 0.1) is 13.8 Å². The van der Waals surface area contributed by atoms with Gasteiger partial charge < -0.3 is 10.6 Å². The summed E-state index contributed by atoms with van der Waals surface area (Å²) in [5, 5.41) is 6.34. The zero-order valence-electron chi connectivity index (χ0n) is 18.3. The predicted octanol–water partition coefficient (Wildman–Crippen LogP) is 5.64. The lowest BCUT2D eigenvalue weighted by Gasteiger charge is -2.13. The monoisotopic (exact) mass is 538 g/mol. The van der Waals surface area contributed by atoms with E-state index in [1.54, 1.807) is 42.5 Å². The van der Waals surface area contributed by atoms with Gasteiger partial charge in [-0.3, -0.25) is 19.8 Å². The number of para-hydroxylation sites is 1. The van der Waals surface area contributed by atoms with Crippen LogP contribution in [-0.4, -0.2) is 22.4 Å². The highest BCUT2D eigenvalue weighted by Crippen LogP contribution is 2.25. The van der Waals surface area contributed by atoms with Gasteiger partial charge in [0.2, 0.25) is 0 Å². The summed E-state index contributed by atoms with van der Waals surface area (Å²) >= 11 is 9.48. The molecular weight excluding hydrogens is 520 g/mol. The van der Waals surface area contributed by atoms with Crippen molar-refractivity contribution in [1.82, 2.24) is 4.68 Å². The Kier molecular flexibility index (Phi) is 6.72. The molecule has 0 saturated heterocycles. The number of anilines is 2. The molecule has 4 aromatic rings. The average molecular weight is 540 g/mol. The number of hydrogen-bond acceptors (Lipinski definition) is 3. The molecule has 0 aliphatic carbocycles. The third-order valence-electron chi connectivity index (χ3n) is 5.02. The summed E-state index contributed by atoms with van der Waals surface area (Å²) in [4.78, 5) is 38.4. The number of carbonyl (C=O) groups excluding carboxylic acids is 3. The second kappa shape index (κ2) is 9.70. The summed E-state index contributed by atoms with van der Waals surface area (Å²) in [6.07, 6.45) is 0. The van der Waals surface area contributed by atoms with Crippen molar-refractivity contribution in [1.29, 1.82) is 0 Å². The van der Waals surface area contributed by atoms with Gasteiger partial charge in [0.25, 0.3) is 5.91 Å². The predicted molar refractivity (Wildman–Crippen MR) is 138 cm³/mol. The first-order chi connectivity index (χ1) is 16.2. The maximum atomic E-state index is 13.2. The Balaban J connectivity index is 1.65. The first kappa shape index (κ1) is 23.5. The van der Waals surface area contributed by atoms with Gasteiger partial charge in [0.15, 0.2) is 0 Å². The fourth-order valence-electron chi connectivity index (χ4n) is 3.61. The fraction of sp³-hybridized carbons (Fsp3) is 0.0800. The Morgan fingerprint density at radius 1 is 0.853 bits per heavy atom. The van der Waals surface area contributed by atoms with Crippen LogP contribution in [0.4, 0.5) is 11.4 Å². The summed E-state index contributed by atoms with van der Waals surface area (Å²) in [6, 6.07) is 19.3.